The predicted molar refractivity (Wildman–Crippen MR) is 54.0 cm³/mol. The molecule has 0 heterocycles. The van der Waals surface area contributed by atoms with Crippen LogP contribution in [-0.4, -0.2) is 18.8 Å². The van der Waals surface area contributed by atoms with Crippen LogP contribution in [0.15, 0.2) is 24.3 Å². The van der Waals surface area contributed by atoms with Crippen molar-refractivity contribution in [3.63, 3.8) is 0 Å². The van der Waals surface area contributed by atoms with Crippen LogP contribution in [0.3, 0.4) is 0 Å². The molecule has 0 saturated heterocycles. The molecule has 0 fully saturated rings. The monoisotopic (exact) mass is 227 g/mol. The van der Waals surface area contributed by atoms with E-state index in [0.717, 1.165) is 5.69 Å². The third kappa shape index (κ3) is 1.85. The summed E-state index contributed by atoms with van der Waals surface area (Å²) in [5.74, 6) is 0. The van der Waals surface area contributed by atoms with Crippen molar-refractivity contribution in [2.24, 2.45) is 0 Å². The highest BCUT2D eigenvalue weighted by molar-refractivity contribution is 9.18. The van der Waals surface area contributed by atoms with Crippen LogP contribution in [0.1, 0.15) is 10.4 Å². The molecule has 0 aliphatic heterocycles. The van der Waals surface area contributed by atoms with Crippen molar-refractivity contribution in [2.45, 2.75) is 0 Å². The second-order valence-corrected chi connectivity index (χ2v) is 3.41. The molecule has 0 amide bonds. The minimum Gasteiger partial charge on any atom is -0.377 e. The van der Waals surface area contributed by atoms with Gasteiger partial charge >= 0.3 is 0 Å². The number of carbonyl (C=O) groups is 1. The van der Waals surface area contributed by atoms with Gasteiger partial charge in [-0.1, -0.05) is 12.1 Å². The second-order valence-electron chi connectivity index (χ2n) is 2.69. The molecule has 0 atom stereocenters. The van der Waals surface area contributed by atoms with Crippen molar-refractivity contribution in [1.29, 1.82) is 0 Å². The molecule has 0 spiro atoms. The quantitative estimate of drug-likeness (QED) is 0.724. The van der Waals surface area contributed by atoms with Crippen LogP contribution in [0.25, 0.3) is 0 Å². The molecule has 0 N–H and O–H groups in total. The molecule has 0 aromatic heterocycles. The Hall–Kier alpha value is -0.830. The molecule has 0 bridgehead atoms. The van der Waals surface area contributed by atoms with E-state index in [0.29, 0.717) is 5.56 Å². The third-order valence-corrected chi connectivity index (χ3v) is 2.02. The number of rotatable bonds is 2. The standard InChI is InChI=1S/C9H10BrNO/c1-11(2)8-6-4-3-5-7(8)9(10)12/h3-6H,1-2H3. The average Bonchev–Trinajstić information content (AvgIpc) is 2.04. The molecule has 3 heteroatoms. The molecule has 1 rings (SSSR count). The van der Waals surface area contributed by atoms with Crippen molar-refractivity contribution in [3.8, 4) is 0 Å². The Balaban J connectivity index is 3.17. The maximum Gasteiger partial charge on any atom is 0.230 e. The Morgan fingerprint density at radius 3 is 2.33 bits per heavy atom. The number of hydrogen-bond acceptors (Lipinski definition) is 2. The third-order valence-electron chi connectivity index (χ3n) is 1.60. The highest BCUT2D eigenvalue weighted by Gasteiger charge is 2.07. The molecule has 1 aromatic rings. The van der Waals surface area contributed by atoms with E-state index in [9.17, 15) is 4.79 Å². The minimum atomic E-state index is -0.0770. The Bertz CT molecular complexity index is 296. The number of benzene rings is 1. The van der Waals surface area contributed by atoms with Crippen molar-refractivity contribution in [2.75, 3.05) is 19.0 Å². The lowest BCUT2D eigenvalue weighted by Gasteiger charge is -2.14. The molecule has 0 unspecified atom stereocenters. The number of nitrogens with zero attached hydrogens (tertiary/aromatic N) is 1. The van der Waals surface area contributed by atoms with Crippen molar-refractivity contribution in [1.82, 2.24) is 0 Å². The van der Waals surface area contributed by atoms with Crippen LogP contribution >= 0.6 is 15.9 Å². The highest BCUT2D eigenvalue weighted by atomic mass is 79.9. The maximum atomic E-state index is 11.1. The molecule has 64 valence electrons. The SMILES string of the molecule is CN(C)c1ccccc1C(=O)Br. The average molecular weight is 228 g/mol. The zero-order valence-electron chi connectivity index (χ0n) is 7.04. The number of halogens is 1. The Kier molecular flexibility index (Phi) is 2.87. The summed E-state index contributed by atoms with van der Waals surface area (Å²) in [5.41, 5.74) is 1.63. The lowest BCUT2D eigenvalue weighted by Crippen LogP contribution is -2.11. The van der Waals surface area contributed by atoms with Gasteiger partial charge in [-0.3, -0.25) is 4.79 Å². The molecule has 0 radical (unpaired) electrons. The fourth-order valence-electron chi connectivity index (χ4n) is 1.03. The van der Waals surface area contributed by atoms with Gasteiger partial charge in [0.25, 0.3) is 0 Å². The summed E-state index contributed by atoms with van der Waals surface area (Å²) in [6.45, 7) is 0. The summed E-state index contributed by atoms with van der Waals surface area (Å²) >= 11 is 2.94. The van der Waals surface area contributed by atoms with E-state index < -0.39 is 0 Å². The van der Waals surface area contributed by atoms with Gasteiger partial charge in [0.05, 0.1) is 5.56 Å². The summed E-state index contributed by atoms with van der Waals surface area (Å²) in [6.07, 6.45) is 0. The van der Waals surface area contributed by atoms with Gasteiger partial charge in [-0.2, -0.15) is 0 Å². The van der Waals surface area contributed by atoms with Gasteiger partial charge in [-0.25, -0.2) is 0 Å². The van der Waals surface area contributed by atoms with Gasteiger partial charge in [0, 0.05) is 19.8 Å². The van der Waals surface area contributed by atoms with Crippen molar-refractivity contribution >= 4 is 26.3 Å². The van der Waals surface area contributed by atoms with E-state index in [1.165, 1.54) is 0 Å². The van der Waals surface area contributed by atoms with Crippen molar-refractivity contribution in [3.05, 3.63) is 29.8 Å². The van der Waals surface area contributed by atoms with Gasteiger partial charge in [-0.15, -0.1) is 0 Å². The number of anilines is 1. The zero-order chi connectivity index (χ0) is 9.14. The van der Waals surface area contributed by atoms with Gasteiger partial charge in [0.15, 0.2) is 0 Å². The molecular formula is C9H10BrNO. The van der Waals surface area contributed by atoms with Crippen LogP contribution in [0.4, 0.5) is 5.69 Å². The lowest BCUT2D eigenvalue weighted by atomic mass is 10.2. The number of hydrogen-bond donors (Lipinski definition) is 0. The summed E-state index contributed by atoms with van der Waals surface area (Å²) in [4.78, 5) is 13.0. The largest absolute Gasteiger partial charge is 0.377 e. The topological polar surface area (TPSA) is 20.3 Å². The second kappa shape index (κ2) is 3.72. The van der Waals surface area contributed by atoms with E-state index in [2.05, 4.69) is 15.9 Å². The molecule has 12 heavy (non-hydrogen) atoms. The van der Waals surface area contributed by atoms with Gasteiger partial charge in [0.1, 0.15) is 0 Å². The minimum absolute atomic E-state index is 0.0770. The molecule has 2 nitrogen and oxygen atoms in total. The van der Waals surface area contributed by atoms with E-state index in [4.69, 9.17) is 0 Å². The fraction of sp³-hybridized carbons (Fsp3) is 0.222. The summed E-state index contributed by atoms with van der Waals surface area (Å²) in [7, 11) is 3.82. The van der Waals surface area contributed by atoms with E-state index in [1.807, 2.05) is 37.2 Å². The normalized spacial score (nSPS) is 9.58. The first-order valence-corrected chi connectivity index (χ1v) is 4.38. The lowest BCUT2D eigenvalue weighted by molar-refractivity contribution is 0.109. The summed E-state index contributed by atoms with van der Waals surface area (Å²) < 4.78 is -0.0770. The molecule has 0 aliphatic rings. The number of para-hydroxylation sites is 1. The number of carbonyl (C=O) groups excluding carboxylic acids is 1. The van der Waals surface area contributed by atoms with Crippen LogP contribution in [0.2, 0.25) is 0 Å². The van der Waals surface area contributed by atoms with Crippen molar-refractivity contribution < 1.29 is 4.79 Å². The first-order valence-electron chi connectivity index (χ1n) is 3.59. The zero-order valence-corrected chi connectivity index (χ0v) is 8.63. The van der Waals surface area contributed by atoms with Crippen LogP contribution in [-0.2, 0) is 0 Å². The van der Waals surface area contributed by atoms with Gasteiger partial charge in [-0.05, 0) is 28.1 Å². The Morgan fingerprint density at radius 2 is 1.92 bits per heavy atom. The van der Waals surface area contributed by atoms with E-state index in [-0.39, 0.29) is 4.69 Å². The smallest absolute Gasteiger partial charge is 0.230 e. The summed E-state index contributed by atoms with van der Waals surface area (Å²) in [6, 6.07) is 7.47. The Morgan fingerprint density at radius 1 is 1.33 bits per heavy atom. The molecule has 0 saturated carbocycles. The fourth-order valence-corrected chi connectivity index (χ4v) is 1.37. The molecular weight excluding hydrogens is 218 g/mol. The Labute approximate surface area is 80.3 Å². The van der Waals surface area contributed by atoms with Gasteiger partial charge < -0.3 is 4.90 Å². The molecule has 0 aliphatic carbocycles. The first kappa shape index (κ1) is 9.26. The highest BCUT2D eigenvalue weighted by Crippen LogP contribution is 2.19. The summed E-state index contributed by atoms with van der Waals surface area (Å²) in [5, 5.41) is 0. The van der Waals surface area contributed by atoms with Crippen LogP contribution in [0, 0.1) is 0 Å². The van der Waals surface area contributed by atoms with Crippen LogP contribution in [0.5, 0.6) is 0 Å². The predicted octanol–water partition coefficient (Wildman–Crippen LogP) is 2.29. The van der Waals surface area contributed by atoms with Gasteiger partial charge in [0.2, 0.25) is 4.69 Å². The van der Waals surface area contributed by atoms with E-state index >= 15 is 0 Å². The van der Waals surface area contributed by atoms with E-state index in [1.54, 1.807) is 6.07 Å². The maximum absolute atomic E-state index is 11.1. The first-order chi connectivity index (χ1) is 5.63. The van der Waals surface area contributed by atoms with Crippen LogP contribution < -0.4 is 4.90 Å². The molecule has 1 aromatic carbocycles.